The number of hydrogen-bond acceptors (Lipinski definition) is 3. The van der Waals surface area contributed by atoms with Crippen LogP contribution < -0.4 is 5.32 Å². The highest BCUT2D eigenvalue weighted by Crippen LogP contribution is 2.27. The van der Waals surface area contributed by atoms with Crippen LogP contribution in [0.3, 0.4) is 0 Å². The van der Waals surface area contributed by atoms with E-state index >= 15 is 0 Å². The van der Waals surface area contributed by atoms with Gasteiger partial charge in [0, 0.05) is 12.2 Å². The standard InChI is InChI=1S/C14H14F2N2OS/c15-11-2-3-12(16)10(7-11)1-4-13(19)18-14(8-17)5-6-20-9-14/h2-3,7H,1,4-6,9H2,(H,18,19)/t14-/m0/s1. The van der Waals surface area contributed by atoms with Crippen molar-refractivity contribution >= 4 is 17.7 Å². The predicted molar refractivity (Wildman–Crippen MR) is 73.1 cm³/mol. The highest BCUT2D eigenvalue weighted by molar-refractivity contribution is 7.99. The third-order valence-corrected chi connectivity index (χ3v) is 4.43. The summed E-state index contributed by atoms with van der Waals surface area (Å²) in [6.45, 7) is 0. The maximum atomic E-state index is 13.4. The second kappa shape index (κ2) is 6.23. The predicted octanol–water partition coefficient (Wildman–Crippen LogP) is 2.41. The highest BCUT2D eigenvalue weighted by Gasteiger charge is 2.35. The third kappa shape index (κ3) is 3.48. The van der Waals surface area contributed by atoms with E-state index in [1.807, 2.05) is 0 Å². The number of nitriles is 1. The zero-order chi connectivity index (χ0) is 14.6. The molecule has 0 bridgehead atoms. The van der Waals surface area contributed by atoms with Crippen LogP contribution in [0, 0.1) is 23.0 Å². The van der Waals surface area contributed by atoms with Gasteiger partial charge in [0.2, 0.25) is 5.91 Å². The zero-order valence-corrected chi connectivity index (χ0v) is 11.6. The molecule has 106 valence electrons. The lowest BCUT2D eigenvalue weighted by Gasteiger charge is -2.21. The van der Waals surface area contributed by atoms with Crippen LogP contribution in [0.5, 0.6) is 0 Å². The maximum absolute atomic E-state index is 13.4. The first-order chi connectivity index (χ1) is 9.54. The van der Waals surface area contributed by atoms with Crippen LogP contribution in [0.2, 0.25) is 0 Å². The molecular formula is C14H14F2N2OS. The number of aryl methyl sites for hydroxylation is 1. The van der Waals surface area contributed by atoms with Crippen molar-refractivity contribution in [2.45, 2.75) is 24.8 Å². The molecule has 1 atom stereocenters. The first-order valence-electron chi connectivity index (χ1n) is 6.29. The normalized spacial score (nSPS) is 21.4. The molecule has 20 heavy (non-hydrogen) atoms. The number of thioether (sulfide) groups is 1. The Balaban J connectivity index is 1.92. The lowest BCUT2D eigenvalue weighted by molar-refractivity contribution is -0.122. The van der Waals surface area contributed by atoms with Crippen LogP contribution in [0.1, 0.15) is 18.4 Å². The highest BCUT2D eigenvalue weighted by atomic mass is 32.2. The zero-order valence-electron chi connectivity index (χ0n) is 10.8. The number of benzene rings is 1. The Hall–Kier alpha value is -1.61. The Morgan fingerprint density at radius 2 is 2.30 bits per heavy atom. The van der Waals surface area contributed by atoms with E-state index in [1.165, 1.54) is 0 Å². The molecule has 3 nitrogen and oxygen atoms in total. The minimum atomic E-state index is -0.803. The molecule has 0 aromatic heterocycles. The fourth-order valence-corrected chi connectivity index (χ4v) is 3.36. The number of amides is 1. The number of carbonyl (C=O) groups excluding carboxylic acids is 1. The van der Waals surface area contributed by atoms with E-state index in [9.17, 15) is 13.6 Å². The first-order valence-corrected chi connectivity index (χ1v) is 7.44. The quantitative estimate of drug-likeness (QED) is 0.928. The van der Waals surface area contributed by atoms with Crippen molar-refractivity contribution in [2.24, 2.45) is 0 Å². The van der Waals surface area contributed by atoms with Gasteiger partial charge in [0.05, 0.1) is 6.07 Å². The van der Waals surface area contributed by atoms with Crippen LogP contribution in [-0.4, -0.2) is 23.0 Å². The number of carbonyl (C=O) groups is 1. The average molecular weight is 296 g/mol. The summed E-state index contributed by atoms with van der Waals surface area (Å²) in [5.41, 5.74) is -0.630. The van der Waals surface area contributed by atoms with Gasteiger partial charge in [-0.15, -0.1) is 0 Å². The average Bonchev–Trinajstić information content (AvgIpc) is 2.89. The largest absolute Gasteiger partial charge is 0.337 e. The SMILES string of the molecule is N#C[C@@]1(NC(=O)CCc2cc(F)ccc2F)CCSC1. The van der Waals surface area contributed by atoms with E-state index in [-0.39, 0.29) is 24.3 Å². The molecule has 0 spiro atoms. The molecule has 1 heterocycles. The first kappa shape index (κ1) is 14.8. The van der Waals surface area contributed by atoms with Crippen LogP contribution in [-0.2, 0) is 11.2 Å². The lowest BCUT2D eigenvalue weighted by atomic mass is 10.0. The van der Waals surface area contributed by atoms with Crippen molar-refractivity contribution in [3.63, 3.8) is 0 Å². The molecule has 1 aliphatic rings. The van der Waals surface area contributed by atoms with Gasteiger partial charge in [-0.05, 0) is 42.4 Å². The van der Waals surface area contributed by atoms with Crippen molar-refractivity contribution < 1.29 is 13.6 Å². The van der Waals surface area contributed by atoms with Gasteiger partial charge in [0.25, 0.3) is 0 Å². The van der Waals surface area contributed by atoms with Crippen LogP contribution >= 0.6 is 11.8 Å². The lowest BCUT2D eigenvalue weighted by Crippen LogP contribution is -2.47. The van der Waals surface area contributed by atoms with E-state index in [4.69, 9.17) is 5.26 Å². The number of halogens is 2. The summed E-state index contributed by atoms with van der Waals surface area (Å²) in [4.78, 5) is 11.8. The van der Waals surface area contributed by atoms with E-state index in [0.29, 0.717) is 12.2 Å². The Morgan fingerprint density at radius 1 is 1.50 bits per heavy atom. The minimum absolute atomic E-state index is 0.0362. The molecule has 0 radical (unpaired) electrons. The summed E-state index contributed by atoms with van der Waals surface area (Å²) in [6.07, 6.45) is 0.771. The topological polar surface area (TPSA) is 52.9 Å². The summed E-state index contributed by atoms with van der Waals surface area (Å²) in [7, 11) is 0. The van der Waals surface area contributed by atoms with Crippen molar-refractivity contribution in [3.05, 3.63) is 35.4 Å². The molecule has 1 aromatic rings. The van der Waals surface area contributed by atoms with E-state index < -0.39 is 17.2 Å². The minimum Gasteiger partial charge on any atom is -0.337 e. The second-order valence-electron chi connectivity index (χ2n) is 4.78. The summed E-state index contributed by atoms with van der Waals surface area (Å²) < 4.78 is 26.4. The second-order valence-corrected chi connectivity index (χ2v) is 5.89. The molecule has 2 rings (SSSR count). The van der Waals surface area contributed by atoms with Crippen molar-refractivity contribution in [3.8, 4) is 6.07 Å². The molecule has 1 aliphatic heterocycles. The Bertz CT molecular complexity index is 551. The molecular weight excluding hydrogens is 282 g/mol. The van der Waals surface area contributed by atoms with Crippen molar-refractivity contribution in [2.75, 3.05) is 11.5 Å². The summed E-state index contributed by atoms with van der Waals surface area (Å²) in [5, 5.41) is 11.9. The van der Waals surface area contributed by atoms with Crippen LogP contribution in [0.25, 0.3) is 0 Å². The van der Waals surface area contributed by atoms with Gasteiger partial charge in [-0.2, -0.15) is 17.0 Å². The fourth-order valence-electron chi connectivity index (χ4n) is 2.09. The van der Waals surface area contributed by atoms with E-state index in [1.54, 1.807) is 11.8 Å². The summed E-state index contributed by atoms with van der Waals surface area (Å²) >= 11 is 1.62. The van der Waals surface area contributed by atoms with E-state index in [0.717, 1.165) is 24.0 Å². The van der Waals surface area contributed by atoms with Gasteiger partial charge in [-0.3, -0.25) is 4.79 Å². The van der Waals surface area contributed by atoms with Gasteiger partial charge in [0.1, 0.15) is 17.2 Å². The summed E-state index contributed by atoms with van der Waals surface area (Å²) in [6, 6.07) is 5.32. The van der Waals surface area contributed by atoms with Gasteiger partial charge in [0.15, 0.2) is 0 Å². The fraction of sp³-hybridized carbons (Fsp3) is 0.429. The van der Waals surface area contributed by atoms with Crippen molar-refractivity contribution in [1.82, 2.24) is 5.32 Å². The molecule has 0 aliphatic carbocycles. The molecule has 1 fully saturated rings. The Morgan fingerprint density at radius 3 is 2.95 bits per heavy atom. The Kier molecular flexibility index (Phi) is 4.61. The molecule has 0 saturated carbocycles. The van der Waals surface area contributed by atoms with Gasteiger partial charge in [-0.25, -0.2) is 8.78 Å². The van der Waals surface area contributed by atoms with Gasteiger partial charge < -0.3 is 5.32 Å². The number of nitrogens with one attached hydrogen (secondary N) is 1. The van der Waals surface area contributed by atoms with Gasteiger partial charge in [-0.1, -0.05) is 0 Å². The summed E-state index contributed by atoms with van der Waals surface area (Å²) in [5.74, 6) is 0.0569. The molecule has 1 aromatic carbocycles. The van der Waals surface area contributed by atoms with Gasteiger partial charge >= 0.3 is 0 Å². The molecule has 1 N–H and O–H groups in total. The maximum Gasteiger partial charge on any atom is 0.221 e. The monoisotopic (exact) mass is 296 g/mol. The number of nitrogens with zero attached hydrogens (tertiary/aromatic N) is 1. The van der Waals surface area contributed by atoms with Crippen LogP contribution in [0.15, 0.2) is 18.2 Å². The molecule has 1 amide bonds. The smallest absolute Gasteiger partial charge is 0.221 e. The molecule has 0 unspecified atom stereocenters. The third-order valence-electron chi connectivity index (χ3n) is 3.24. The molecule has 1 saturated heterocycles. The molecule has 6 heteroatoms. The number of hydrogen-bond donors (Lipinski definition) is 1. The number of rotatable bonds is 4. The van der Waals surface area contributed by atoms with Crippen LogP contribution in [0.4, 0.5) is 8.78 Å². The Labute approximate surface area is 120 Å². The van der Waals surface area contributed by atoms with E-state index in [2.05, 4.69) is 11.4 Å². The van der Waals surface area contributed by atoms with Crippen molar-refractivity contribution in [1.29, 1.82) is 5.26 Å².